The standard InChI is InChI=1S/C20H29ClN4O2/c1-2-3-10-22-19(26)15-5-4-11-25(13-15)20(27)17-12-23-24-18(17)14-6-8-16(21)9-7-14/h6-9,15,17-18,23-24H,2-5,10-13H2,1H3,(H,22,26). The number of hydrogen-bond acceptors (Lipinski definition) is 4. The van der Waals surface area contributed by atoms with Gasteiger partial charge in [0, 0.05) is 31.2 Å². The van der Waals surface area contributed by atoms with Gasteiger partial charge in [-0.25, -0.2) is 5.43 Å². The predicted octanol–water partition coefficient (Wildman–Crippen LogP) is 2.26. The van der Waals surface area contributed by atoms with Crippen molar-refractivity contribution in [3.05, 3.63) is 34.9 Å². The summed E-state index contributed by atoms with van der Waals surface area (Å²) in [5, 5.41) is 3.69. The quantitative estimate of drug-likeness (QED) is 0.649. The molecule has 3 atom stereocenters. The molecule has 148 valence electrons. The van der Waals surface area contributed by atoms with Crippen molar-refractivity contribution in [2.24, 2.45) is 11.8 Å². The maximum absolute atomic E-state index is 13.2. The highest BCUT2D eigenvalue weighted by Gasteiger charge is 2.38. The summed E-state index contributed by atoms with van der Waals surface area (Å²) in [4.78, 5) is 27.4. The third kappa shape index (κ3) is 5.00. The fourth-order valence-electron chi connectivity index (χ4n) is 3.87. The summed E-state index contributed by atoms with van der Waals surface area (Å²) in [6.45, 7) is 4.64. The fourth-order valence-corrected chi connectivity index (χ4v) is 4.00. The van der Waals surface area contributed by atoms with Crippen LogP contribution in [-0.2, 0) is 9.59 Å². The normalized spacial score (nSPS) is 25.4. The van der Waals surface area contributed by atoms with Gasteiger partial charge in [-0.05, 0) is 37.0 Å². The van der Waals surface area contributed by atoms with Gasteiger partial charge in [-0.1, -0.05) is 37.1 Å². The molecular weight excluding hydrogens is 364 g/mol. The molecule has 1 aromatic rings. The average Bonchev–Trinajstić information content (AvgIpc) is 3.18. The van der Waals surface area contributed by atoms with Crippen molar-refractivity contribution in [3.63, 3.8) is 0 Å². The average molecular weight is 393 g/mol. The number of likely N-dealkylation sites (tertiary alicyclic amines) is 1. The maximum atomic E-state index is 13.2. The number of benzene rings is 1. The minimum absolute atomic E-state index is 0.0814. The Kier molecular flexibility index (Phi) is 7.10. The van der Waals surface area contributed by atoms with E-state index in [1.807, 2.05) is 29.2 Å². The molecule has 3 unspecified atom stereocenters. The predicted molar refractivity (Wildman–Crippen MR) is 106 cm³/mol. The Bertz CT molecular complexity index is 652. The molecule has 3 N–H and O–H groups in total. The van der Waals surface area contributed by atoms with Gasteiger partial charge in [-0.3, -0.25) is 15.0 Å². The van der Waals surface area contributed by atoms with Crippen LogP contribution in [0.25, 0.3) is 0 Å². The number of amides is 2. The molecule has 3 rings (SSSR count). The van der Waals surface area contributed by atoms with Crippen molar-refractivity contribution in [2.45, 2.75) is 38.6 Å². The van der Waals surface area contributed by atoms with Crippen molar-refractivity contribution in [1.82, 2.24) is 21.1 Å². The molecule has 2 saturated heterocycles. The molecular formula is C20H29ClN4O2. The zero-order chi connectivity index (χ0) is 19.2. The van der Waals surface area contributed by atoms with Crippen LogP contribution in [0.1, 0.15) is 44.2 Å². The first kappa shape index (κ1) is 20.1. The lowest BCUT2D eigenvalue weighted by atomic mass is 9.91. The van der Waals surface area contributed by atoms with Gasteiger partial charge in [0.25, 0.3) is 0 Å². The summed E-state index contributed by atoms with van der Waals surface area (Å²) in [5.74, 6) is -0.0969. The Morgan fingerprint density at radius 3 is 2.81 bits per heavy atom. The van der Waals surface area contributed by atoms with Crippen LogP contribution in [0.3, 0.4) is 0 Å². The summed E-state index contributed by atoms with van der Waals surface area (Å²) >= 11 is 5.98. The highest BCUT2D eigenvalue weighted by Crippen LogP contribution is 2.29. The number of unbranched alkanes of at least 4 members (excludes halogenated alkanes) is 1. The lowest BCUT2D eigenvalue weighted by molar-refractivity contribution is -0.139. The van der Waals surface area contributed by atoms with Gasteiger partial charge in [0.1, 0.15) is 0 Å². The molecule has 0 radical (unpaired) electrons. The minimum atomic E-state index is -0.187. The van der Waals surface area contributed by atoms with Crippen LogP contribution in [-0.4, -0.2) is 42.9 Å². The number of piperidine rings is 1. The van der Waals surface area contributed by atoms with Crippen LogP contribution in [0.5, 0.6) is 0 Å². The lowest BCUT2D eigenvalue weighted by Crippen LogP contribution is -2.48. The van der Waals surface area contributed by atoms with E-state index in [0.717, 1.165) is 44.3 Å². The summed E-state index contributed by atoms with van der Waals surface area (Å²) < 4.78 is 0. The molecule has 0 aromatic heterocycles. The van der Waals surface area contributed by atoms with Crippen LogP contribution < -0.4 is 16.2 Å². The highest BCUT2D eigenvalue weighted by atomic mass is 35.5. The third-order valence-corrected chi connectivity index (χ3v) is 5.71. The Hall–Kier alpha value is -1.63. The van der Waals surface area contributed by atoms with Gasteiger partial charge >= 0.3 is 0 Å². The zero-order valence-electron chi connectivity index (χ0n) is 15.8. The number of nitrogens with zero attached hydrogens (tertiary/aromatic N) is 1. The Labute approximate surface area is 166 Å². The molecule has 2 aliphatic rings. The summed E-state index contributed by atoms with van der Waals surface area (Å²) in [6.07, 6.45) is 3.77. The monoisotopic (exact) mass is 392 g/mol. The van der Waals surface area contributed by atoms with Gasteiger partial charge in [0.05, 0.1) is 17.9 Å². The molecule has 6 nitrogen and oxygen atoms in total. The summed E-state index contributed by atoms with van der Waals surface area (Å²) in [7, 11) is 0. The largest absolute Gasteiger partial charge is 0.356 e. The molecule has 0 saturated carbocycles. The topological polar surface area (TPSA) is 73.5 Å². The van der Waals surface area contributed by atoms with Crippen molar-refractivity contribution in [1.29, 1.82) is 0 Å². The highest BCUT2D eigenvalue weighted by molar-refractivity contribution is 6.30. The van der Waals surface area contributed by atoms with Crippen LogP contribution in [0, 0.1) is 11.8 Å². The van der Waals surface area contributed by atoms with E-state index < -0.39 is 0 Å². The van der Waals surface area contributed by atoms with E-state index in [2.05, 4.69) is 23.1 Å². The third-order valence-electron chi connectivity index (χ3n) is 5.46. The number of carbonyl (C=O) groups is 2. The van der Waals surface area contributed by atoms with Crippen LogP contribution >= 0.6 is 11.6 Å². The lowest BCUT2D eigenvalue weighted by Gasteiger charge is -2.34. The molecule has 0 aliphatic carbocycles. The Balaban J connectivity index is 1.62. The smallest absolute Gasteiger partial charge is 0.229 e. The molecule has 2 fully saturated rings. The van der Waals surface area contributed by atoms with Crippen LogP contribution in [0.4, 0.5) is 0 Å². The van der Waals surface area contributed by atoms with Gasteiger partial charge in [0.2, 0.25) is 11.8 Å². The van der Waals surface area contributed by atoms with E-state index in [-0.39, 0.29) is 29.7 Å². The molecule has 2 heterocycles. The zero-order valence-corrected chi connectivity index (χ0v) is 16.6. The van der Waals surface area contributed by atoms with E-state index >= 15 is 0 Å². The van der Waals surface area contributed by atoms with E-state index in [0.29, 0.717) is 18.1 Å². The number of carbonyl (C=O) groups excluding carboxylic acids is 2. The molecule has 7 heteroatoms. The number of hydrogen-bond donors (Lipinski definition) is 3. The molecule has 1 aromatic carbocycles. The summed E-state index contributed by atoms with van der Waals surface area (Å²) in [5.41, 5.74) is 7.36. The number of rotatable bonds is 6. The van der Waals surface area contributed by atoms with Gasteiger partial charge in [0.15, 0.2) is 0 Å². The Morgan fingerprint density at radius 1 is 1.30 bits per heavy atom. The van der Waals surface area contributed by atoms with E-state index in [1.54, 1.807) is 0 Å². The van der Waals surface area contributed by atoms with Crippen molar-refractivity contribution in [2.75, 3.05) is 26.2 Å². The molecule has 0 spiro atoms. The maximum Gasteiger partial charge on any atom is 0.229 e. The fraction of sp³-hybridized carbons (Fsp3) is 0.600. The second-order valence-electron chi connectivity index (χ2n) is 7.43. The first-order chi connectivity index (χ1) is 13.1. The van der Waals surface area contributed by atoms with Gasteiger partial charge < -0.3 is 10.2 Å². The van der Waals surface area contributed by atoms with E-state index in [4.69, 9.17) is 11.6 Å². The summed E-state index contributed by atoms with van der Waals surface area (Å²) in [6, 6.07) is 7.50. The molecule has 2 amide bonds. The van der Waals surface area contributed by atoms with Crippen molar-refractivity contribution >= 4 is 23.4 Å². The number of hydrazine groups is 1. The molecule has 2 aliphatic heterocycles. The second kappa shape index (κ2) is 9.53. The molecule has 0 bridgehead atoms. The first-order valence-electron chi connectivity index (χ1n) is 9.90. The van der Waals surface area contributed by atoms with Crippen molar-refractivity contribution in [3.8, 4) is 0 Å². The number of halogens is 1. The Morgan fingerprint density at radius 2 is 2.07 bits per heavy atom. The van der Waals surface area contributed by atoms with Gasteiger partial charge in [-0.2, -0.15) is 0 Å². The van der Waals surface area contributed by atoms with Gasteiger partial charge in [-0.15, -0.1) is 0 Å². The van der Waals surface area contributed by atoms with Crippen molar-refractivity contribution < 1.29 is 9.59 Å². The first-order valence-corrected chi connectivity index (χ1v) is 10.3. The SMILES string of the molecule is CCCCNC(=O)C1CCCN(C(=O)C2CNNC2c2ccc(Cl)cc2)C1. The number of nitrogens with one attached hydrogen (secondary N) is 3. The van der Waals surface area contributed by atoms with Crippen LogP contribution in [0.2, 0.25) is 5.02 Å². The van der Waals surface area contributed by atoms with Crippen LogP contribution in [0.15, 0.2) is 24.3 Å². The van der Waals surface area contributed by atoms with E-state index in [1.165, 1.54) is 0 Å². The molecule has 27 heavy (non-hydrogen) atoms. The van der Waals surface area contributed by atoms with E-state index in [9.17, 15) is 9.59 Å². The second-order valence-corrected chi connectivity index (χ2v) is 7.87. The minimum Gasteiger partial charge on any atom is -0.356 e.